The molecule has 0 aromatic carbocycles. The molecule has 1 fully saturated rings. The van der Waals surface area contributed by atoms with Crippen LogP contribution in [0.1, 0.15) is 19.3 Å². The molecule has 1 nitrogen and oxygen atoms in total. The number of piperidine rings is 1. The average molecular weight is 176 g/mol. The molecule has 0 aromatic rings. The minimum atomic E-state index is 0.823. The molecule has 0 amide bonds. The second-order valence-electron chi connectivity index (χ2n) is 4.12. The SMILES string of the molecule is CN1CCC(C2=C[CH]CC=C2)CC1. The number of rotatable bonds is 1. The highest BCUT2D eigenvalue weighted by Crippen LogP contribution is 2.27. The van der Waals surface area contributed by atoms with Crippen molar-refractivity contribution in [2.75, 3.05) is 20.1 Å². The van der Waals surface area contributed by atoms with Crippen molar-refractivity contribution in [2.24, 2.45) is 5.92 Å². The van der Waals surface area contributed by atoms with Crippen molar-refractivity contribution in [3.8, 4) is 0 Å². The number of hydrogen-bond acceptors (Lipinski definition) is 1. The second-order valence-corrected chi connectivity index (χ2v) is 4.12. The van der Waals surface area contributed by atoms with E-state index in [-0.39, 0.29) is 0 Å². The zero-order valence-electron chi connectivity index (χ0n) is 8.37. The van der Waals surface area contributed by atoms with E-state index in [2.05, 4.69) is 36.6 Å². The van der Waals surface area contributed by atoms with E-state index in [4.69, 9.17) is 0 Å². The molecular formula is C12H18N. The Morgan fingerprint density at radius 1 is 1.31 bits per heavy atom. The van der Waals surface area contributed by atoms with Crippen LogP contribution in [-0.2, 0) is 0 Å². The molecule has 1 saturated heterocycles. The van der Waals surface area contributed by atoms with Crippen molar-refractivity contribution >= 4 is 0 Å². The van der Waals surface area contributed by atoms with E-state index in [9.17, 15) is 0 Å². The third kappa shape index (κ3) is 2.22. The Hall–Kier alpha value is -0.560. The molecule has 13 heavy (non-hydrogen) atoms. The third-order valence-electron chi connectivity index (χ3n) is 3.08. The summed E-state index contributed by atoms with van der Waals surface area (Å²) >= 11 is 0. The molecule has 1 heteroatoms. The van der Waals surface area contributed by atoms with Crippen LogP contribution in [0.4, 0.5) is 0 Å². The molecular weight excluding hydrogens is 158 g/mol. The zero-order valence-corrected chi connectivity index (χ0v) is 8.37. The molecule has 71 valence electrons. The van der Waals surface area contributed by atoms with Crippen molar-refractivity contribution in [3.05, 3.63) is 30.2 Å². The first-order valence-electron chi connectivity index (χ1n) is 5.25. The van der Waals surface area contributed by atoms with Crippen LogP contribution >= 0.6 is 0 Å². The zero-order chi connectivity index (χ0) is 9.10. The monoisotopic (exact) mass is 176 g/mol. The summed E-state index contributed by atoms with van der Waals surface area (Å²) in [5.74, 6) is 0.823. The van der Waals surface area contributed by atoms with Gasteiger partial charge >= 0.3 is 0 Å². The molecule has 1 aliphatic carbocycles. The fourth-order valence-corrected chi connectivity index (χ4v) is 2.16. The van der Waals surface area contributed by atoms with Gasteiger partial charge in [-0.05, 0) is 57.3 Å². The van der Waals surface area contributed by atoms with Gasteiger partial charge in [-0.1, -0.05) is 18.2 Å². The second kappa shape index (κ2) is 4.10. The van der Waals surface area contributed by atoms with E-state index in [0.29, 0.717) is 0 Å². The van der Waals surface area contributed by atoms with Gasteiger partial charge in [-0.2, -0.15) is 0 Å². The maximum atomic E-state index is 2.42. The highest BCUT2D eigenvalue weighted by molar-refractivity contribution is 5.29. The van der Waals surface area contributed by atoms with Gasteiger partial charge < -0.3 is 4.90 Å². The van der Waals surface area contributed by atoms with Gasteiger partial charge in [0.15, 0.2) is 0 Å². The van der Waals surface area contributed by atoms with Gasteiger partial charge in [-0.3, -0.25) is 0 Å². The molecule has 0 bridgehead atoms. The molecule has 2 rings (SSSR count). The van der Waals surface area contributed by atoms with Gasteiger partial charge in [-0.15, -0.1) is 0 Å². The highest BCUT2D eigenvalue weighted by Gasteiger charge is 2.19. The summed E-state index contributed by atoms with van der Waals surface area (Å²) in [4.78, 5) is 2.42. The summed E-state index contributed by atoms with van der Waals surface area (Å²) in [5.41, 5.74) is 1.55. The maximum absolute atomic E-state index is 2.42. The van der Waals surface area contributed by atoms with Gasteiger partial charge in [0, 0.05) is 0 Å². The summed E-state index contributed by atoms with van der Waals surface area (Å²) in [5, 5.41) is 0. The van der Waals surface area contributed by atoms with Crippen LogP contribution in [0.2, 0.25) is 0 Å². The van der Waals surface area contributed by atoms with E-state index in [1.54, 1.807) is 5.57 Å². The molecule has 1 radical (unpaired) electrons. The molecule has 0 saturated carbocycles. The maximum Gasteiger partial charge on any atom is -0.00159 e. The van der Waals surface area contributed by atoms with E-state index in [1.807, 2.05) is 0 Å². The van der Waals surface area contributed by atoms with E-state index >= 15 is 0 Å². The van der Waals surface area contributed by atoms with E-state index < -0.39 is 0 Å². The molecule has 0 N–H and O–H groups in total. The molecule has 0 unspecified atom stereocenters. The van der Waals surface area contributed by atoms with E-state index in [1.165, 1.54) is 25.9 Å². The number of allylic oxidation sites excluding steroid dienone is 4. The summed E-state index contributed by atoms with van der Waals surface area (Å²) in [6.07, 6.45) is 13.0. The Bertz CT molecular complexity index is 219. The van der Waals surface area contributed by atoms with Gasteiger partial charge in [0.05, 0.1) is 0 Å². The standard InChI is InChI=1S/C12H18N/c1-13-9-7-12(8-10-13)11-5-3-2-4-6-11/h3-6,12H,2,7-10H2,1H3. The van der Waals surface area contributed by atoms with E-state index in [0.717, 1.165) is 12.3 Å². The van der Waals surface area contributed by atoms with Crippen LogP contribution in [0.3, 0.4) is 0 Å². The Balaban J connectivity index is 1.94. The number of nitrogens with zero attached hydrogens (tertiary/aromatic N) is 1. The van der Waals surface area contributed by atoms with Crippen molar-refractivity contribution in [1.29, 1.82) is 0 Å². The first kappa shape index (κ1) is 9.01. The Kier molecular flexibility index (Phi) is 2.84. The summed E-state index contributed by atoms with van der Waals surface area (Å²) in [6, 6.07) is 0. The van der Waals surface area contributed by atoms with Crippen LogP contribution in [0.5, 0.6) is 0 Å². The van der Waals surface area contributed by atoms with Crippen LogP contribution < -0.4 is 0 Å². The summed E-state index contributed by atoms with van der Waals surface area (Å²) < 4.78 is 0. The molecule has 0 aromatic heterocycles. The third-order valence-corrected chi connectivity index (χ3v) is 3.08. The van der Waals surface area contributed by atoms with Crippen LogP contribution in [0, 0.1) is 12.3 Å². The van der Waals surface area contributed by atoms with Gasteiger partial charge in [-0.25, -0.2) is 0 Å². The largest absolute Gasteiger partial charge is 0.306 e. The van der Waals surface area contributed by atoms with Crippen LogP contribution in [0.15, 0.2) is 23.8 Å². The van der Waals surface area contributed by atoms with Crippen molar-refractivity contribution in [3.63, 3.8) is 0 Å². The molecule has 1 aliphatic heterocycles. The lowest BCUT2D eigenvalue weighted by molar-refractivity contribution is 0.240. The van der Waals surface area contributed by atoms with Gasteiger partial charge in [0.25, 0.3) is 0 Å². The molecule has 0 spiro atoms. The number of hydrogen-bond donors (Lipinski definition) is 0. The minimum Gasteiger partial charge on any atom is -0.306 e. The quantitative estimate of drug-likeness (QED) is 0.593. The van der Waals surface area contributed by atoms with Gasteiger partial charge in [0.2, 0.25) is 0 Å². The normalized spacial score (nSPS) is 26.1. The highest BCUT2D eigenvalue weighted by atomic mass is 15.1. The number of likely N-dealkylation sites (tertiary alicyclic amines) is 1. The minimum absolute atomic E-state index is 0.823. The Morgan fingerprint density at radius 3 is 2.69 bits per heavy atom. The smallest absolute Gasteiger partial charge is 0.00159 e. The Labute approximate surface area is 81.1 Å². The average Bonchev–Trinajstić information content (AvgIpc) is 2.20. The van der Waals surface area contributed by atoms with Crippen LogP contribution in [0.25, 0.3) is 0 Å². The predicted octanol–water partition coefficient (Wildman–Crippen LogP) is 2.42. The van der Waals surface area contributed by atoms with Crippen molar-refractivity contribution < 1.29 is 0 Å². The predicted molar refractivity (Wildman–Crippen MR) is 56.4 cm³/mol. The first-order valence-corrected chi connectivity index (χ1v) is 5.25. The first-order chi connectivity index (χ1) is 6.36. The molecule has 0 atom stereocenters. The topological polar surface area (TPSA) is 3.24 Å². The van der Waals surface area contributed by atoms with Crippen molar-refractivity contribution in [2.45, 2.75) is 19.3 Å². The summed E-state index contributed by atoms with van der Waals surface area (Å²) in [7, 11) is 2.22. The fraction of sp³-hybridized carbons (Fsp3) is 0.583. The molecule has 1 heterocycles. The summed E-state index contributed by atoms with van der Waals surface area (Å²) in [6.45, 7) is 2.52. The lowest BCUT2D eigenvalue weighted by atomic mass is 9.86. The Morgan fingerprint density at radius 2 is 2.08 bits per heavy atom. The molecule has 2 aliphatic rings. The fourth-order valence-electron chi connectivity index (χ4n) is 2.16. The van der Waals surface area contributed by atoms with Crippen LogP contribution in [-0.4, -0.2) is 25.0 Å². The van der Waals surface area contributed by atoms with Crippen molar-refractivity contribution in [1.82, 2.24) is 4.90 Å². The van der Waals surface area contributed by atoms with Gasteiger partial charge in [0.1, 0.15) is 0 Å². The lowest BCUT2D eigenvalue weighted by Crippen LogP contribution is -2.30. The lowest BCUT2D eigenvalue weighted by Gasteiger charge is -2.30.